The number of halogens is 2. The van der Waals surface area contributed by atoms with Crippen molar-refractivity contribution in [3.63, 3.8) is 0 Å². The molecule has 7 nitrogen and oxygen atoms in total. The van der Waals surface area contributed by atoms with Crippen molar-refractivity contribution in [2.45, 2.75) is 39.5 Å². The van der Waals surface area contributed by atoms with Gasteiger partial charge in [-0.25, -0.2) is 9.79 Å². The Bertz CT molecular complexity index is 1860. The third kappa shape index (κ3) is 6.30. The fourth-order valence-corrected chi connectivity index (χ4v) is 6.62. The SMILES string of the molecule is COc1ccc(Br)cc1[C@H]1C(C(=O)OC(C)C)=C(C)N=c2s/c(=C\c3ccc(OCc4ccccc4)c(Br)c3)c(=O)n21. The average molecular weight is 712 g/mol. The Labute approximate surface area is 264 Å². The van der Waals surface area contributed by atoms with Crippen molar-refractivity contribution in [3.8, 4) is 11.5 Å². The molecule has 0 saturated carbocycles. The maximum Gasteiger partial charge on any atom is 0.338 e. The van der Waals surface area contributed by atoms with Crippen molar-refractivity contribution in [3.05, 3.63) is 123 Å². The van der Waals surface area contributed by atoms with E-state index in [1.165, 1.54) is 11.3 Å². The summed E-state index contributed by atoms with van der Waals surface area (Å²) < 4.78 is 20.8. The summed E-state index contributed by atoms with van der Waals surface area (Å²) in [6.45, 7) is 5.77. The number of allylic oxidation sites excluding steroid dienone is 1. The highest BCUT2D eigenvalue weighted by Crippen LogP contribution is 2.37. The summed E-state index contributed by atoms with van der Waals surface area (Å²) in [6, 6.07) is 20.3. The first kappa shape index (κ1) is 30.0. The number of methoxy groups -OCH3 is 1. The number of nitrogens with zero attached hydrogens (tertiary/aromatic N) is 2. The normalized spacial score (nSPS) is 14.9. The van der Waals surface area contributed by atoms with Gasteiger partial charge in [0.15, 0.2) is 4.80 Å². The van der Waals surface area contributed by atoms with E-state index in [2.05, 4.69) is 36.9 Å². The topological polar surface area (TPSA) is 79.1 Å². The zero-order chi connectivity index (χ0) is 30.0. The summed E-state index contributed by atoms with van der Waals surface area (Å²) in [7, 11) is 1.56. The molecular weight excluding hydrogens is 684 g/mol. The second-order valence-electron chi connectivity index (χ2n) is 9.89. The van der Waals surface area contributed by atoms with E-state index in [1.807, 2.05) is 66.7 Å². The van der Waals surface area contributed by atoms with Crippen molar-refractivity contribution < 1.29 is 19.0 Å². The van der Waals surface area contributed by atoms with E-state index in [4.69, 9.17) is 14.2 Å². The van der Waals surface area contributed by atoms with Crippen LogP contribution in [0.5, 0.6) is 11.5 Å². The van der Waals surface area contributed by atoms with Crippen molar-refractivity contribution in [1.29, 1.82) is 0 Å². The van der Waals surface area contributed by atoms with Crippen LogP contribution in [0.2, 0.25) is 0 Å². The maximum absolute atomic E-state index is 14.0. The molecule has 1 aliphatic rings. The third-order valence-electron chi connectivity index (χ3n) is 6.56. The zero-order valence-electron chi connectivity index (χ0n) is 23.4. The molecule has 4 aromatic rings. The monoisotopic (exact) mass is 710 g/mol. The number of fused-ring (bicyclic) bond motifs is 1. The highest BCUT2D eigenvalue weighted by Gasteiger charge is 2.35. The average Bonchev–Trinajstić information content (AvgIpc) is 3.25. The molecule has 42 heavy (non-hydrogen) atoms. The van der Waals surface area contributed by atoms with Gasteiger partial charge in [0.2, 0.25) is 0 Å². The summed E-state index contributed by atoms with van der Waals surface area (Å²) in [5.74, 6) is 0.711. The van der Waals surface area contributed by atoms with Crippen LogP contribution in [0.25, 0.3) is 6.08 Å². The quantitative estimate of drug-likeness (QED) is 0.201. The fourth-order valence-electron chi connectivity index (χ4n) is 4.68. The standard InChI is InChI=1S/C32H28Br2N2O5S/c1-18(2)41-31(38)28-19(3)35-32-36(29(28)23-16-22(33)11-13-25(23)39-4)30(37)27(42-32)15-21-10-12-26(24(34)14-21)40-17-20-8-6-5-7-9-20/h5-16,18,29H,17H2,1-4H3/b27-15-/t29-/m0/s1. The Hall–Kier alpha value is -3.47. The fraction of sp³-hybridized carbons (Fsp3) is 0.219. The van der Waals surface area contributed by atoms with Crippen LogP contribution in [-0.2, 0) is 16.1 Å². The molecule has 0 bridgehead atoms. The van der Waals surface area contributed by atoms with Gasteiger partial charge in [0.05, 0.1) is 33.5 Å². The highest BCUT2D eigenvalue weighted by molar-refractivity contribution is 9.10. The first-order chi connectivity index (χ1) is 20.2. The summed E-state index contributed by atoms with van der Waals surface area (Å²) >= 11 is 8.40. The van der Waals surface area contributed by atoms with E-state index in [-0.39, 0.29) is 11.7 Å². The lowest BCUT2D eigenvalue weighted by Gasteiger charge is -2.26. The Morgan fingerprint density at radius 1 is 1.07 bits per heavy atom. The van der Waals surface area contributed by atoms with Crippen LogP contribution >= 0.6 is 43.2 Å². The molecule has 0 amide bonds. The van der Waals surface area contributed by atoms with Gasteiger partial charge in [-0.05, 0) is 84.2 Å². The molecule has 216 valence electrons. The van der Waals surface area contributed by atoms with E-state index in [0.29, 0.717) is 44.3 Å². The van der Waals surface area contributed by atoms with Gasteiger partial charge < -0.3 is 14.2 Å². The number of aromatic nitrogens is 1. The zero-order valence-corrected chi connectivity index (χ0v) is 27.4. The molecule has 3 aromatic carbocycles. The Morgan fingerprint density at radius 3 is 2.50 bits per heavy atom. The maximum atomic E-state index is 14.0. The molecule has 0 fully saturated rings. The molecule has 2 heterocycles. The molecule has 0 aliphatic carbocycles. The first-order valence-corrected chi connectivity index (χ1v) is 15.6. The Morgan fingerprint density at radius 2 is 1.81 bits per heavy atom. The molecule has 0 saturated heterocycles. The number of ether oxygens (including phenoxy) is 3. The minimum atomic E-state index is -0.789. The highest BCUT2D eigenvalue weighted by atomic mass is 79.9. The number of hydrogen-bond donors (Lipinski definition) is 0. The molecule has 0 spiro atoms. The van der Waals surface area contributed by atoms with Gasteiger partial charge >= 0.3 is 5.97 Å². The van der Waals surface area contributed by atoms with Gasteiger partial charge in [-0.15, -0.1) is 0 Å². The van der Waals surface area contributed by atoms with Crippen molar-refractivity contribution >= 4 is 55.2 Å². The molecule has 1 atom stereocenters. The minimum absolute atomic E-state index is 0.270. The summed E-state index contributed by atoms with van der Waals surface area (Å²) in [4.78, 5) is 32.6. The van der Waals surface area contributed by atoms with Crippen molar-refractivity contribution in [2.75, 3.05) is 7.11 Å². The van der Waals surface area contributed by atoms with E-state index in [1.54, 1.807) is 38.5 Å². The third-order valence-corrected chi connectivity index (χ3v) is 8.66. The van der Waals surface area contributed by atoms with Gasteiger partial charge in [-0.1, -0.05) is 63.7 Å². The van der Waals surface area contributed by atoms with E-state index in [0.717, 1.165) is 20.1 Å². The first-order valence-electron chi connectivity index (χ1n) is 13.2. The number of hydrogen-bond acceptors (Lipinski definition) is 7. The summed E-state index contributed by atoms with van der Waals surface area (Å²) in [5.41, 5.74) is 3.04. The van der Waals surface area contributed by atoms with Gasteiger partial charge in [0.1, 0.15) is 24.1 Å². The smallest absolute Gasteiger partial charge is 0.338 e. The lowest BCUT2D eigenvalue weighted by Crippen LogP contribution is -2.40. The number of esters is 1. The van der Waals surface area contributed by atoms with Crippen LogP contribution < -0.4 is 24.4 Å². The van der Waals surface area contributed by atoms with Crippen molar-refractivity contribution in [1.82, 2.24) is 4.57 Å². The molecule has 10 heteroatoms. The van der Waals surface area contributed by atoms with E-state index < -0.39 is 12.0 Å². The predicted octanol–water partition coefficient (Wildman–Crippen LogP) is 6.30. The molecule has 1 aliphatic heterocycles. The van der Waals surface area contributed by atoms with Gasteiger partial charge in [0, 0.05) is 10.0 Å². The lowest BCUT2D eigenvalue weighted by atomic mass is 9.95. The second-order valence-corrected chi connectivity index (χ2v) is 12.7. The minimum Gasteiger partial charge on any atom is -0.496 e. The van der Waals surface area contributed by atoms with Crippen LogP contribution in [-0.4, -0.2) is 23.8 Å². The van der Waals surface area contributed by atoms with Gasteiger partial charge in [0.25, 0.3) is 5.56 Å². The van der Waals surface area contributed by atoms with Gasteiger partial charge in [-0.3, -0.25) is 9.36 Å². The Balaban J connectivity index is 1.58. The molecule has 5 rings (SSSR count). The molecule has 0 radical (unpaired) electrons. The number of carbonyl (C=O) groups is 1. The number of benzene rings is 3. The number of rotatable bonds is 8. The van der Waals surface area contributed by atoms with Crippen molar-refractivity contribution in [2.24, 2.45) is 4.99 Å². The van der Waals surface area contributed by atoms with Crippen LogP contribution in [0.15, 0.2) is 96.7 Å². The molecular formula is C32H28Br2N2O5S. The van der Waals surface area contributed by atoms with Crippen LogP contribution in [0.1, 0.15) is 43.5 Å². The number of thiazole rings is 1. The summed E-state index contributed by atoms with van der Waals surface area (Å²) in [5, 5.41) is 0. The van der Waals surface area contributed by atoms with Gasteiger partial charge in [-0.2, -0.15) is 0 Å². The number of carbonyl (C=O) groups excluding carboxylic acids is 1. The lowest BCUT2D eigenvalue weighted by molar-refractivity contribution is -0.143. The van der Waals surface area contributed by atoms with E-state index >= 15 is 0 Å². The summed E-state index contributed by atoms with van der Waals surface area (Å²) in [6.07, 6.45) is 1.47. The van der Waals surface area contributed by atoms with Crippen LogP contribution in [0.3, 0.4) is 0 Å². The van der Waals surface area contributed by atoms with Crippen LogP contribution in [0, 0.1) is 0 Å². The molecule has 0 unspecified atom stereocenters. The second kappa shape index (κ2) is 12.8. The molecule has 1 aromatic heterocycles. The molecule has 0 N–H and O–H groups in total. The predicted molar refractivity (Wildman–Crippen MR) is 171 cm³/mol. The van der Waals surface area contributed by atoms with Crippen LogP contribution in [0.4, 0.5) is 0 Å². The van der Waals surface area contributed by atoms with E-state index in [9.17, 15) is 9.59 Å². The largest absolute Gasteiger partial charge is 0.496 e. The Kier molecular flexibility index (Phi) is 9.15.